The largest absolute Gasteiger partial charge is 0.464 e. The SMILES string of the molecule is CCOC(=O)[C@H](CSC(C)=O)NC(=O)C(C)(C)[N+](=O)[O-]. The van der Waals surface area contributed by atoms with E-state index in [0.717, 1.165) is 25.6 Å². The summed E-state index contributed by atoms with van der Waals surface area (Å²) in [5.41, 5.74) is -1.87. The van der Waals surface area contributed by atoms with Gasteiger partial charge >= 0.3 is 5.97 Å². The van der Waals surface area contributed by atoms with Gasteiger partial charge in [0.25, 0.3) is 11.4 Å². The molecule has 20 heavy (non-hydrogen) atoms. The molecule has 0 aliphatic carbocycles. The van der Waals surface area contributed by atoms with Crippen molar-refractivity contribution < 1.29 is 24.0 Å². The highest BCUT2D eigenvalue weighted by atomic mass is 32.2. The first-order valence-electron chi connectivity index (χ1n) is 5.88. The van der Waals surface area contributed by atoms with Crippen molar-refractivity contribution in [3.05, 3.63) is 10.1 Å². The molecule has 0 spiro atoms. The summed E-state index contributed by atoms with van der Waals surface area (Å²) in [5, 5.41) is 12.8. The normalized spacial score (nSPS) is 12.4. The van der Waals surface area contributed by atoms with Gasteiger partial charge in [-0.3, -0.25) is 19.7 Å². The molecule has 0 aromatic heterocycles. The molecule has 0 aliphatic rings. The number of nitro groups is 1. The van der Waals surface area contributed by atoms with E-state index in [4.69, 9.17) is 4.74 Å². The van der Waals surface area contributed by atoms with Gasteiger partial charge in [0.05, 0.1) is 6.61 Å². The predicted octanol–water partition coefficient (Wildman–Crippen LogP) is 0.369. The van der Waals surface area contributed by atoms with Crippen LogP contribution in [0.5, 0.6) is 0 Å². The number of nitrogens with zero attached hydrogens (tertiary/aromatic N) is 1. The van der Waals surface area contributed by atoms with Gasteiger partial charge in [-0.25, -0.2) is 4.79 Å². The first-order chi connectivity index (χ1) is 9.12. The molecule has 1 atom stereocenters. The number of thioether (sulfide) groups is 1. The summed E-state index contributed by atoms with van der Waals surface area (Å²) in [6.07, 6.45) is 0. The van der Waals surface area contributed by atoms with Crippen LogP contribution in [0.1, 0.15) is 27.7 Å². The Morgan fingerprint density at radius 3 is 2.35 bits per heavy atom. The predicted molar refractivity (Wildman–Crippen MR) is 72.8 cm³/mol. The molecule has 1 N–H and O–H groups in total. The highest BCUT2D eigenvalue weighted by Crippen LogP contribution is 2.11. The van der Waals surface area contributed by atoms with Crippen LogP contribution in [0.4, 0.5) is 0 Å². The number of hydrogen-bond donors (Lipinski definition) is 1. The Kier molecular flexibility index (Phi) is 7.19. The fourth-order valence-electron chi connectivity index (χ4n) is 1.03. The van der Waals surface area contributed by atoms with Gasteiger partial charge in [0.1, 0.15) is 6.04 Å². The monoisotopic (exact) mass is 306 g/mol. The average Bonchev–Trinajstić information content (AvgIpc) is 2.33. The van der Waals surface area contributed by atoms with Crippen molar-refractivity contribution >= 4 is 28.8 Å². The lowest BCUT2D eigenvalue weighted by Gasteiger charge is -2.20. The lowest BCUT2D eigenvalue weighted by atomic mass is 10.1. The number of amides is 1. The van der Waals surface area contributed by atoms with E-state index in [-0.39, 0.29) is 17.5 Å². The van der Waals surface area contributed by atoms with Crippen LogP contribution in [0.25, 0.3) is 0 Å². The topological polar surface area (TPSA) is 116 Å². The van der Waals surface area contributed by atoms with Crippen LogP contribution in [0.2, 0.25) is 0 Å². The van der Waals surface area contributed by atoms with E-state index in [1.54, 1.807) is 6.92 Å². The second-order valence-corrected chi connectivity index (χ2v) is 5.59. The van der Waals surface area contributed by atoms with Crippen molar-refractivity contribution in [3.8, 4) is 0 Å². The molecule has 8 nitrogen and oxygen atoms in total. The Bertz CT molecular complexity index is 410. The first-order valence-corrected chi connectivity index (χ1v) is 6.87. The smallest absolute Gasteiger partial charge is 0.329 e. The van der Waals surface area contributed by atoms with Crippen LogP contribution in [0.3, 0.4) is 0 Å². The summed E-state index contributed by atoms with van der Waals surface area (Å²) in [5.74, 6) is -1.67. The van der Waals surface area contributed by atoms with Crippen LogP contribution in [-0.4, -0.2) is 45.9 Å². The van der Waals surface area contributed by atoms with Crippen LogP contribution in [-0.2, 0) is 19.1 Å². The number of rotatable bonds is 7. The van der Waals surface area contributed by atoms with Crippen LogP contribution in [0, 0.1) is 10.1 Å². The number of carbonyl (C=O) groups is 3. The zero-order chi connectivity index (χ0) is 15.9. The van der Waals surface area contributed by atoms with E-state index < -0.39 is 28.4 Å². The standard InChI is InChI=1S/C11H18N2O6S/c1-5-19-9(15)8(6-20-7(2)14)12-10(16)11(3,4)13(17)18/h8H,5-6H2,1-4H3,(H,12,16)/t8-/m0/s1. The van der Waals surface area contributed by atoms with Gasteiger partial charge in [-0.15, -0.1) is 0 Å². The lowest BCUT2D eigenvalue weighted by Crippen LogP contribution is -2.54. The molecule has 0 fully saturated rings. The van der Waals surface area contributed by atoms with Gasteiger partial charge in [0, 0.05) is 31.4 Å². The maximum absolute atomic E-state index is 11.8. The molecule has 1 amide bonds. The van der Waals surface area contributed by atoms with Gasteiger partial charge in [-0.05, 0) is 6.92 Å². The number of ether oxygens (including phenoxy) is 1. The Labute approximate surface area is 120 Å². The van der Waals surface area contributed by atoms with Crippen LogP contribution in [0.15, 0.2) is 0 Å². The third-order valence-electron chi connectivity index (χ3n) is 2.34. The molecule has 0 unspecified atom stereocenters. The second kappa shape index (κ2) is 7.83. The molecule has 9 heteroatoms. The molecule has 0 heterocycles. The second-order valence-electron chi connectivity index (χ2n) is 4.40. The highest BCUT2D eigenvalue weighted by Gasteiger charge is 2.42. The highest BCUT2D eigenvalue weighted by molar-refractivity contribution is 8.13. The zero-order valence-corrected chi connectivity index (χ0v) is 12.6. The number of nitrogens with one attached hydrogen (secondary N) is 1. The zero-order valence-electron chi connectivity index (χ0n) is 11.8. The maximum Gasteiger partial charge on any atom is 0.329 e. The van der Waals surface area contributed by atoms with Gasteiger partial charge in [-0.2, -0.15) is 0 Å². The van der Waals surface area contributed by atoms with Gasteiger partial charge < -0.3 is 10.1 Å². The van der Waals surface area contributed by atoms with E-state index in [9.17, 15) is 24.5 Å². The Hall–Kier alpha value is -1.64. The molecule has 0 bridgehead atoms. The summed E-state index contributed by atoms with van der Waals surface area (Å²) in [4.78, 5) is 44.4. The molecule has 0 rings (SSSR count). The summed E-state index contributed by atoms with van der Waals surface area (Å²) < 4.78 is 4.76. The van der Waals surface area contributed by atoms with Gasteiger partial charge in [0.2, 0.25) is 0 Å². The quantitative estimate of drug-likeness (QED) is 0.410. The Morgan fingerprint density at radius 1 is 1.40 bits per heavy atom. The first kappa shape index (κ1) is 18.4. The number of esters is 1. The van der Waals surface area contributed by atoms with Crippen molar-refractivity contribution in [1.29, 1.82) is 0 Å². The van der Waals surface area contributed by atoms with Crippen molar-refractivity contribution in [1.82, 2.24) is 5.32 Å². The van der Waals surface area contributed by atoms with Crippen molar-refractivity contribution in [2.75, 3.05) is 12.4 Å². The minimum atomic E-state index is -1.87. The third kappa shape index (κ3) is 5.55. The fraction of sp³-hybridized carbons (Fsp3) is 0.727. The summed E-state index contributed by atoms with van der Waals surface area (Å²) in [7, 11) is 0. The van der Waals surface area contributed by atoms with Gasteiger partial charge in [-0.1, -0.05) is 11.8 Å². The van der Waals surface area contributed by atoms with E-state index in [1.807, 2.05) is 0 Å². The van der Waals surface area contributed by atoms with E-state index >= 15 is 0 Å². The maximum atomic E-state index is 11.8. The van der Waals surface area contributed by atoms with E-state index in [0.29, 0.717) is 0 Å². The molecule has 0 saturated carbocycles. The summed E-state index contributed by atoms with van der Waals surface area (Å²) in [6.45, 7) is 5.27. The summed E-state index contributed by atoms with van der Waals surface area (Å²) in [6, 6.07) is -1.10. The third-order valence-corrected chi connectivity index (χ3v) is 3.25. The molecule has 0 aromatic rings. The Balaban J connectivity index is 4.87. The van der Waals surface area contributed by atoms with Crippen LogP contribution >= 0.6 is 11.8 Å². The lowest BCUT2D eigenvalue weighted by molar-refractivity contribution is -0.543. The number of hydrogen-bond acceptors (Lipinski definition) is 7. The van der Waals surface area contributed by atoms with Crippen molar-refractivity contribution in [3.63, 3.8) is 0 Å². The minimum absolute atomic E-state index is 0.0340. The molecule has 0 aromatic carbocycles. The summed E-state index contributed by atoms with van der Waals surface area (Å²) >= 11 is 0.830. The minimum Gasteiger partial charge on any atom is -0.464 e. The van der Waals surface area contributed by atoms with Crippen molar-refractivity contribution in [2.45, 2.75) is 39.3 Å². The molecule has 0 radical (unpaired) electrons. The van der Waals surface area contributed by atoms with E-state index in [1.165, 1.54) is 6.92 Å². The van der Waals surface area contributed by atoms with Crippen LogP contribution < -0.4 is 5.32 Å². The average molecular weight is 306 g/mol. The Morgan fingerprint density at radius 2 is 1.95 bits per heavy atom. The molecule has 114 valence electrons. The number of carbonyl (C=O) groups excluding carboxylic acids is 3. The van der Waals surface area contributed by atoms with Crippen molar-refractivity contribution in [2.24, 2.45) is 0 Å². The fourth-order valence-corrected chi connectivity index (χ4v) is 1.65. The van der Waals surface area contributed by atoms with E-state index in [2.05, 4.69) is 5.32 Å². The molecule has 0 saturated heterocycles. The molecule has 0 aliphatic heterocycles. The van der Waals surface area contributed by atoms with Gasteiger partial charge in [0.15, 0.2) is 5.12 Å². The molecular formula is C11H18N2O6S. The molecular weight excluding hydrogens is 288 g/mol.